The van der Waals surface area contributed by atoms with Gasteiger partial charge in [-0.2, -0.15) is 0 Å². The van der Waals surface area contributed by atoms with E-state index >= 15 is 0 Å². The summed E-state index contributed by atoms with van der Waals surface area (Å²) in [6, 6.07) is 2.82. The fourth-order valence-corrected chi connectivity index (χ4v) is 3.06. The normalized spacial score (nSPS) is 19.2. The Morgan fingerprint density at radius 2 is 2.07 bits per heavy atom. The molecule has 1 unspecified atom stereocenters. The van der Waals surface area contributed by atoms with Gasteiger partial charge in [-0.3, -0.25) is 9.69 Å². The summed E-state index contributed by atoms with van der Waals surface area (Å²) in [7, 11) is 1.51. The second kappa shape index (κ2) is 6.71. The molecule has 0 aliphatic carbocycles. The number of alkyl carbamates (subject to hydrolysis) is 1. The lowest BCUT2D eigenvalue weighted by Crippen LogP contribution is -2.38. The maximum absolute atomic E-state index is 14.4. The number of nitrogens with zero attached hydrogens (tertiary/aromatic N) is 2. The number of hydrogen-bond acceptors (Lipinski definition) is 5. The predicted molar refractivity (Wildman–Crippen MR) is 95.4 cm³/mol. The summed E-state index contributed by atoms with van der Waals surface area (Å²) in [5, 5.41) is 2.55. The summed E-state index contributed by atoms with van der Waals surface area (Å²) in [5.41, 5.74) is 0.453. The molecule has 3 rings (SSSR count). The Hall–Kier alpha value is -2.84. The zero-order valence-corrected chi connectivity index (χ0v) is 15.7. The number of carbonyl (C=O) groups excluding carboxylic acids is 3. The summed E-state index contributed by atoms with van der Waals surface area (Å²) >= 11 is 0. The number of fused-ring (bicyclic) bond motifs is 1. The van der Waals surface area contributed by atoms with Crippen LogP contribution in [0, 0.1) is 5.82 Å². The molecule has 2 aliphatic heterocycles. The number of nitrogens with one attached hydrogen (secondary N) is 1. The minimum atomic E-state index is -0.636. The van der Waals surface area contributed by atoms with E-state index in [1.807, 2.05) is 0 Å². The van der Waals surface area contributed by atoms with Gasteiger partial charge in [0.25, 0.3) is 0 Å². The fraction of sp³-hybridized carbons (Fsp3) is 0.500. The average molecular weight is 379 g/mol. The first-order chi connectivity index (χ1) is 12.5. The van der Waals surface area contributed by atoms with Crippen LogP contribution in [-0.4, -0.2) is 49.9 Å². The average Bonchev–Trinajstić information content (AvgIpc) is 3.04. The van der Waals surface area contributed by atoms with Crippen LogP contribution in [0.25, 0.3) is 0 Å². The van der Waals surface area contributed by atoms with Crippen LogP contribution in [0.2, 0.25) is 0 Å². The van der Waals surface area contributed by atoms with E-state index in [1.54, 1.807) is 26.8 Å². The highest BCUT2D eigenvalue weighted by Gasteiger charge is 2.35. The molecule has 3 amide bonds. The van der Waals surface area contributed by atoms with E-state index < -0.39 is 29.7 Å². The minimum Gasteiger partial charge on any atom is -0.444 e. The van der Waals surface area contributed by atoms with Gasteiger partial charge in [-0.05, 0) is 38.5 Å². The van der Waals surface area contributed by atoms with Crippen molar-refractivity contribution in [3.05, 3.63) is 23.5 Å². The lowest BCUT2D eigenvalue weighted by atomic mass is 10.1. The van der Waals surface area contributed by atoms with Crippen molar-refractivity contribution in [1.29, 1.82) is 0 Å². The Kier molecular flexibility index (Phi) is 4.71. The lowest BCUT2D eigenvalue weighted by molar-refractivity contribution is -0.117. The number of rotatable bonds is 3. The smallest absolute Gasteiger partial charge is 0.414 e. The summed E-state index contributed by atoms with van der Waals surface area (Å²) in [6.07, 6.45) is -1.75. The van der Waals surface area contributed by atoms with Crippen molar-refractivity contribution in [2.75, 3.05) is 29.9 Å². The molecule has 27 heavy (non-hydrogen) atoms. The summed E-state index contributed by atoms with van der Waals surface area (Å²) in [6.45, 7) is 5.46. The van der Waals surface area contributed by atoms with Crippen LogP contribution in [0.5, 0.6) is 0 Å². The van der Waals surface area contributed by atoms with Crippen LogP contribution in [0.4, 0.5) is 25.4 Å². The highest BCUT2D eigenvalue weighted by molar-refractivity contribution is 6.02. The molecular formula is C18H22FN3O5. The Morgan fingerprint density at radius 3 is 2.74 bits per heavy atom. The molecule has 146 valence electrons. The van der Waals surface area contributed by atoms with Crippen molar-refractivity contribution in [3.63, 3.8) is 0 Å². The number of amides is 3. The number of likely N-dealkylation sites (N-methyl/N-ethyl adjacent to an activating group) is 1. The Balaban J connectivity index is 1.67. The number of ether oxygens (including phenoxy) is 2. The molecule has 0 radical (unpaired) electrons. The standard InChI is InChI=1S/C18H22FN3O5/c1-18(2,3)27-16(24)20-8-12-9-22(17(25)26-12)11-5-10-6-14(23)21(4)15(10)13(19)7-11/h5,7,12H,6,8-9H2,1-4H3,(H,20,24). The highest BCUT2D eigenvalue weighted by atomic mass is 19.1. The number of hydrogen-bond donors (Lipinski definition) is 1. The predicted octanol–water partition coefficient (Wildman–Crippen LogP) is 2.19. The second-order valence-corrected chi connectivity index (χ2v) is 7.56. The SMILES string of the molecule is CN1C(=O)Cc2cc(N3CC(CNC(=O)OC(C)(C)C)OC3=O)cc(F)c21. The monoisotopic (exact) mass is 379 g/mol. The van der Waals surface area contributed by atoms with Gasteiger partial charge < -0.3 is 19.7 Å². The molecule has 1 N–H and O–H groups in total. The van der Waals surface area contributed by atoms with Crippen molar-refractivity contribution in [3.8, 4) is 0 Å². The van der Waals surface area contributed by atoms with E-state index in [1.165, 1.54) is 22.9 Å². The van der Waals surface area contributed by atoms with Crippen molar-refractivity contribution < 1.29 is 28.2 Å². The summed E-state index contributed by atoms with van der Waals surface area (Å²) in [5.74, 6) is -0.775. The van der Waals surface area contributed by atoms with E-state index in [4.69, 9.17) is 9.47 Å². The highest BCUT2D eigenvalue weighted by Crippen LogP contribution is 2.35. The zero-order valence-electron chi connectivity index (χ0n) is 15.7. The first kappa shape index (κ1) is 18.9. The van der Waals surface area contributed by atoms with Crippen molar-refractivity contribution in [2.45, 2.75) is 38.9 Å². The Bertz CT molecular complexity index is 805. The van der Waals surface area contributed by atoms with E-state index in [0.29, 0.717) is 11.3 Å². The minimum absolute atomic E-state index is 0.0752. The number of benzene rings is 1. The van der Waals surface area contributed by atoms with Gasteiger partial charge in [0.05, 0.1) is 30.9 Å². The maximum Gasteiger partial charge on any atom is 0.414 e. The van der Waals surface area contributed by atoms with Gasteiger partial charge in [0.1, 0.15) is 17.5 Å². The van der Waals surface area contributed by atoms with Crippen molar-refractivity contribution >= 4 is 29.5 Å². The lowest BCUT2D eigenvalue weighted by Gasteiger charge is -2.20. The third kappa shape index (κ3) is 3.96. The van der Waals surface area contributed by atoms with Gasteiger partial charge in [0.15, 0.2) is 0 Å². The third-order valence-corrected chi connectivity index (χ3v) is 4.24. The number of halogens is 1. The van der Waals surface area contributed by atoms with Crippen LogP contribution >= 0.6 is 0 Å². The van der Waals surface area contributed by atoms with Gasteiger partial charge in [0.2, 0.25) is 5.91 Å². The van der Waals surface area contributed by atoms with Crippen LogP contribution in [0.3, 0.4) is 0 Å². The van der Waals surface area contributed by atoms with Gasteiger partial charge in [-0.1, -0.05) is 0 Å². The maximum atomic E-state index is 14.4. The van der Waals surface area contributed by atoms with Crippen LogP contribution in [-0.2, 0) is 20.7 Å². The molecule has 9 heteroatoms. The summed E-state index contributed by atoms with van der Waals surface area (Å²) in [4.78, 5) is 38.2. The van der Waals surface area contributed by atoms with Gasteiger partial charge in [-0.25, -0.2) is 14.0 Å². The molecule has 2 heterocycles. The molecule has 2 aliphatic rings. The van der Waals surface area contributed by atoms with E-state index in [2.05, 4.69) is 5.32 Å². The molecule has 0 aromatic heterocycles. The largest absolute Gasteiger partial charge is 0.444 e. The van der Waals surface area contributed by atoms with Crippen LogP contribution in [0.1, 0.15) is 26.3 Å². The summed E-state index contributed by atoms with van der Waals surface area (Å²) < 4.78 is 24.8. The molecular weight excluding hydrogens is 357 g/mol. The fourth-order valence-electron chi connectivity index (χ4n) is 3.06. The van der Waals surface area contributed by atoms with Gasteiger partial charge in [0, 0.05) is 7.05 Å². The van der Waals surface area contributed by atoms with E-state index in [9.17, 15) is 18.8 Å². The molecule has 1 atom stereocenters. The Morgan fingerprint density at radius 1 is 1.37 bits per heavy atom. The molecule has 1 saturated heterocycles. The molecule has 8 nitrogen and oxygen atoms in total. The second-order valence-electron chi connectivity index (χ2n) is 7.56. The van der Waals surface area contributed by atoms with E-state index in [-0.39, 0.29) is 31.1 Å². The molecule has 0 spiro atoms. The van der Waals surface area contributed by atoms with Gasteiger partial charge >= 0.3 is 12.2 Å². The quantitative estimate of drug-likeness (QED) is 0.870. The first-order valence-corrected chi connectivity index (χ1v) is 8.59. The molecule has 1 fully saturated rings. The van der Waals surface area contributed by atoms with Crippen molar-refractivity contribution in [1.82, 2.24) is 5.32 Å². The van der Waals surface area contributed by atoms with Crippen LogP contribution < -0.4 is 15.1 Å². The third-order valence-electron chi connectivity index (χ3n) is 4.24. The molecule has 0 bridgehead atoms. The number of carbonyl (C=O) groups is 3. The van der Waals surface area contributed by atoms with Crippen molar-refractivity contribution in [2.24, 2.45) is 0 Å². The number of anilines is 2. The molecule has 1 aromatic carbocycles. The van der Waals surface area contributed by atoms with Crippen LogP contribution in [0.15, 0.2) is 12.1 Å². The first-order valence-electron chi connectivity index (χ1n) is 8.59. The molecule has 0 saturated carbocycles. The molecule has 1 aromatic rings. The topological polar surface area (TPSA) is 88.2 Å². The Labute approximate surface area is 156 Å². The van der Waals surface area contributed by atoms with Gasteiger partial charge in [-0.15, -0.1) is 0 Å². The van der Waals surface area contributed by atoms with E-state index in [0.717, 1.165) is 0 Å². The zero-order chi connectivity index (χ0) is 19.9. The number of cyclic esters (lactones) is 1.